The molecule has 0 N–H and O–H groups in total. The first-order chi connectivity index (χ1) is 53.1. The molecule has 0 nitrogen and oxygen atoms in total. The quantitative estimate of drug-likeness (QED) is 0.208. The van der Waals surface area contributed by atoms with Crippen LogP contribution in [-0.4, -0.2) is 11.8 Å². The van der Waals surface area contributed by atoms with Gasteiger partial charge in [0.15, 0.2) is 0 Å². The van der Waals surface area contributed by atoms with Crippen LogP contribution in [0.15, 0.2) is 149 Å². The third-order valence-electron chi connectivity index (χ3n) is 38.2. The number of allylic oxidation sites excluding steroid dienone is 22. The third-order valence-corrected chi connectivity index (χ3v) is 38.2. The number of hydrogen-bond donors (Lipinski definition) is 0. The van der Waals surface area contributed by atoms with Gasteiger partial charge in [-0.3, -0.25) is 0 Å². The molecule has 0 heterocycles. The molecule has 116 heavy (non-hydrogen) atoms. The van der Waals surface area contributed by atoms with Crippen molar-refractivity contribution in [2.75, 3.05) is 0 Å². The molecule has 0 atom stereocenters. The number of benzene rings is 1. The maximum Gasteiger partial charge on any atom is 0.288 e. The van der Waals surface area contributed by atoms with E-state index < -0.39 is 23.0 Å². The van der Waals surface area contributed by atoms with Crippen LogP contribution < -0.4 is 0 Å². The van der Waals surface area contributed by atoms with Gasteiger partial charge in [0, 0.05) is 43.6 Å². The van der Waals surface area contributed by atoms with Crippen LogP contribution in [0.3, 0.4) is 0 Å². The zero-order chi connectivity index (χ0) is 88.4. The summed E-state index contributed by atoms with van der Waals surface area (Å²) in [5.41, 5.74) is 34.0. The first-order valence-corrected chi connectivity index (χ1v) is 47.6. The van der Waals surface area contributed by atoms with Crippen molar-refractivity contribution in [1.82, 2.24) is 0 Å². The molecule has 4 heteroatoms. The van der Waals surface area contributed by atoms with Crippen LogP contribution >= 0.6 is 0 Å². The topological polar surface area (TPSA) is 0 Å². The Labute approximate surface area is 716 Å². The molecule has 4 fully saturated rings. The van der Waals surface area contributed by atoms with E-state index in [0.29, 0.717) is 43.3 Å². The second-order valence-electron chi connectivity index (χ2n) is 45.1. The molecule has 0 aromatic heterocycles. The van der Waals surface area contributed by atoms with E-state index in [2.05, 4.69) is 286 Å². The van der Waals surface area contributed by atoms with Crippen molar-refractivity contribution in [2.45, 2.75) is 478 Å². The largest absolute Gasteiger partial charge is 0.288 e. The van der Waals surface area contributed by atoms with Crippen LogP contribution in [0.1, 0.15) is 467 Å². The predicted molar refractivity (Wildman–Crippen MR) is 505 cm³/mol. The Hall–Kier alpha value is -3.92. The van der Waals surface area contributed by atoms with Crippen LogP contribution in [0.5, 0.6) is 0 Å². The van der Waals surface area contributed by atoms with Gasteiger partial charge in [-0.25, -0.2) is 0 Å². The van der Waals surface area contributed by atoms with Gasteiger partial charge in [-0.15, -0.1) is 0 Å². The van der Waals surface area contributed by atoms with E-state index in [1.807, 2.05) is 22.3 Å². The molecule has 0 bridgehead atoms. The molecular weight excluding hydrogens is 1420 g/mol. The molecule has 12 aliphatic carbocycles. The third kappa shape index (κ3) is 20.1. The zero-order valence-corrected chi connectivity index (χ0v) is 83.3. The van der Waals surface area contributed by atoms with E-state index in [9.17, 15) is 17.6 Å². The molecule has 4 saturated carbocycles. The smallest absolute Gasteiger partial charge is 0.197 e. The number of hydrogen-bond acceptors (Lipinski definition) is 0. The SMILES string of the molecule is CC1=C(C)C(C)(C)C(C)=C(C)C1(C)C.CC1=C(C)C(C)(C)C=CC1(C)C.CC1=C(C)C(C)(C)CCC1(C)C.CC1=C(C)C(C)(C)c2ccccc2C1(C)C.CC1=C(C)C(F)(F)C=CC1(F)F.CC1=C(C)C2(CCCC2)CCC12CCCC2.CC1=C(C)C2(CCCCC2)CCC12CCCCC2.CCC1(CC)CCC(CC)(CC)C(C)=C1C. The Morgan fingerprint density at radius 3 is 0.655 bits per heavy atom. The Bertz CT molecular complexity index is 3580. The molecule has 12 aliphatic rings. The highest BCUT2D eigenvalue weighted by Crippen LogP contribution is 2.63. The molecule has 1 aromatic rings. The highest BCUT2D eigenvalue weighted by molar-refractivity contribution is 5.54. The second-order valence-corrected chi connectivity index (χ2v) is 45.1. The summed E-state index contributed by atoms with van der Waals surface area (Å²) in [6.07, 6.45) is 48.7. The number of fused-ring (bicyclic) bond motifs is 1. The van der Waals surface area contributed by atoms with E-state index in [1.54, 1.807) is 44.6 Å². The Kier molecular flexibility index (Phi) is 32.4. The van der Waals surface area contributed by atoms with Crippen molar-refractivity contribution < 1.29 is 17.6 Å². The van der Waals surface area contributed by atoms with Gasteiger partial charge in [0.25, 0.3) is 11.8 Å². The van der Waals surface area contributed by atoms with Crippen LogP contribution in [0, 0.1) is 65.0 Å². The summed E-state index contributed by atoms with van der Waals surface area (Å²) in [5, 5.41) is 0. The molecule has 658 valence electrons. The summed E-state index contributed by atoms with van der Waals surface area (Å²) in [4.78, 5) is 0. The summed E-state index contributed by atoms with van der Waals surface area (Å²) in [6, 6.07) is 8.88. The van der Waals surface area contributed by atoms with Crippen LogP contribution in [-0.2, 0) is 10.8 Å². The van der Waals surface area contributed by atoms with E-state index in [0.717, 1.165) is 13.8 Å². The number of halogens is 4. The van der Waals surface area contributed by atoms with Gasteiger partial charge in [-0.05, 0) is 320 Å². The van der Waals surface area contributed by atoms with Crippen LogP contribution in [0.25, 0.3) is 0 Å². The average Bonchev–Trinajstić information content (AvgIpc) is 1.03. The van der Waals surface area contributed by atoms with Crippen molar-refractivity contribution in [3.63, 3.8) is 0 Å². The zero-order valence-electron chi connectivity index (χ0n) is 83.3. The lowest BCUT2D eigenvalue weighted by molar-refractivity contribution is 0.0515. The molecule has 0 radical (unpaired) electrons. The predicted octanol–water partition coefficient (Wildman–Crippen LogP) is 37.6. The van der Waals surface area contributed by atoms with Crippen LogP contribution in [0.2, 0.25) is 0 Å². The monoisotopic (exact) mass is 1600 g/mol. The van der Waals surface area contributed by atoms with Crippen molar-refractivity contribution in [3.8, 4) is 0 Å². The van der Waals surface area contributed by atoms with Crippen molar-refractivity contribution in [3.05, 3.63) is 160 Å². The Balaban J connectivity index is 0.000000207. The molecule has 0 saturated heterocycles. The molecule has 1 aromatic carbocycles. The first-order valence-electron chi connectivity index (χ1n) is 47.6. The lowest BCUT2D eigenvalue weighted by Crippen LogP contribution is -2.38. The normalized spacial score (nSPS) is 26.8. The lowest BCUT2D eigenvalue weighted by Gasteiger charge is -2.51. The van der Waals surface area contributed by atoms with Crippen LogP contribution in [0.4, 0.5) is 17.6 Å². The van der Waals surface area contributed by atoms with Gasteiger partial charge in [-0.2, -0.15) is 17.6 Å². The van der Waals surface area contributed by atoms with Crippen molar-refractivity contribution in [1.29, 1.82) is 0 Å². The minimum atomic E-state index is -3.22. The summed E-state index contributed by atoms with van der Waals surface area (Å²) < 4.78 is 50.9. The summed E-state index contributed by atoms with van der Waals surface area (Å²) in [6.45, 7) is 86.3. The van der Waals surface area contributed by atoms with Gasteiger partial charge in [-0.1, -0.05) is 328 Å². The molecular formula is C112H182F4. The highest BCUT2D eigenvalue weighted by atomic mass is 19.3. The summed E-state index contributed by atoms with van der Waals surface area (Å²) >= 11 is 0. The van der Waals surface area contributed by atoms with Gasteiger partial charge in [0.05, 0.1) is 0 Å². The van der Waals surface area contributed by atoms with Crippen molar-refractivity contribution >= 4 is 0 Å². The maximum absolute atomic E-state index is 12.7. The molecule has 4 spiro atoms. The minimum Gasteiger partial charge on any atom is -0.197 e. The summed E-state index contributed by atoms with van der Waals surface area (Å²) in [7, 11) is 0. The average molecular weight is 1600 g/mol. The highest BCUT2D eigenvalue weighted by Gasteiger charge is 2.50. The second kappa shape index (κ2) is 37.3. The number of rotatable bonds is 4. The maximum atomic E-state index is 12.7. The lowest BCUT2D eigenvalue weighted by atomic mass is 9.54. The van der Waals surface area contributed by atoms with Gasteiger partial charge < -0.3 is 0 Å². The first kappa shape index (κ1) is 101. The van der Waals surface area contributed by atoms with Gasteiger partial charge in [0.1, 0.15) is 0 Å². The van der Waals surface area contributed by atoms with Gasteiger partial charge in [0.2, 0.25) is 0 Å². The Morgan fingerprint density at radius 1 is 0.216 bits per heavy atom. The molecule has 0 unspecified atom stereocenters. The van der Waals surface area contributed by atoms with Gasteiger partial charge >= 0.3 is 0 Å². The van der Waals surface area contributed by atoms with E-state index in [1.165, 1.54) is 226 Å². The minimum absolute atomic E-state index is 0.177. The van der Waals surface area contributed by atoms with E-state index >= 15 is 0 Å². The molecule has 0 aliphatic heterocycles. The van der Waals surface area contributed by atoms with E-state index in [-0.39, 0.29) is 44.6 Å². The fourth-order valence-corrected chi connectivity index (χ4v) is 24.2. The van der Waals surface area contributed by atoms with E-state index in [4.69, 9.17) is 0 Å². The van der Waals surface area contributed by atoms with Crippen molar-refractivity contribution in [2.24, 2.45) is 65.0 Å². The molecule has 13 rings (SSSR count). The fourth-order valence-electron chi connectivity index (χ4n) is 24.2. The molecule has 0 amide bonds. The Morgan fingerprint density at radius 2 is 0.431 bits per heavy atom. The fraction of sp³-hybridized carbons (Fsp3) is 0.750. The summed E-state index contributed by atoms with van der Waals surface area (Å²) in [5.74, 6) is -6.43. The standard InChI is InChI=1S/C18H30.C16H26.C16H22.C16H30.C14H24.C12H22.C12H20.C8H8F4/c1-15-16(2)18(11-7-4-8-12-18)14-13-17(15)9-5-3-6-10-17;1-13-14(2)16(9-5-6-10-16)12-11-15(13)7-3-4-8-15;1-11-12(2)16(5,6)14-10-8-7-9-13(14)15(11,3)4;1-7-15(8-2)11-12-16(9-3,10-4)14(6)13(15)5;1-9-10(2)14(7,8)12(4)11(3)13(9,5)6;2*1-9-10(2)12(5,6)8-7-11(9,3)4;1-5-6(2)8(11,12)4-3-7(5,9)10/h3-14H2,1-2H3;3-12H2,1-2H3;7-10H,1-6H3;7-12H2,1-6H3;1-8H3;7-8H2,1-6H3;7-8H,1-6H3;3-4H,1-2H3. The number of alkyl halides is 4.